The molecule has 0 heterocycles. The first-order valence-corrected chi connectivity index (χ1v) is 6.72. The smallest absolute Gasteiger partial charge is 0.230 e. The van der Waals surface area contributed by atoms with Gasteiger partial charge in [-0.15, -0.1) is 0 Å². The van der Waals surface area contributed by atoms with Crippen molar-refractivity contribution in [1.82, 2.24) is 0 Å². The Hall–Kier alpha value is -1.59. The average molecular weight is 281 g/mol. The third kappa shape index (κ3) is 4.83. The standard InChI is InChI=1S/C15H23NO4/c1-4-15(2,3)14(19)16-11-5-7-13(8-6-11)20-10-12(18)9-17/h5-8,12,17-18H,4,9-10H2,1-3H3,(H,16,19). The Morgan fingerprint density at radius 1 is 1.35 bits per heavy atom. The maximum Gasteiger partial charge on any atom is 0.230 e. The van der Waals surface area contributed by atoms with Crippen LogP contribution in [0.15, 0.2) is 24.3 Å². The molecule has 1 aromatic carbocycles. The van der Waals surface area contributed by atoms with Crippen molar-refractivity contribution in [3.63, 3.8) is 0 Å². The van der Waals surface area contributed by atoms with Crippen molar-refractivity contribution in [2.75, 3.05) is 18.5 Å². The fraction of sp³-hybridized carbons (Fsp3) is 0.533. The lowest BCUT2D eigenvalue weighted by Gasteiger charge is -2.21. The predicted octanol–water partition coefficient (Wildman–Crippen LogP) is 1.79. The molecule has 3 N–H and O–H groups in total. The summed E-state index contributed by atoms with van der Waals surface area (Å²) in [5, 5.41) is 20.7. The van der Waals surface area contributed by atoms with Crippen LogP contribution in [0.3, 0.4) is 0 Å². The third-order valence-corrected chi connectivity index (χ3v) is 3.26. The molecule has 1 unspecified atom stereocenters. The number of amides is 1. The van der Waals surface area contributed by atoms with E-state index in [-0.39, 0.29) is 19.1 Å². The van der Waals surface area contributed by atoms with E-state index in [2.05, 4.69) is 5.32 Å². The van der Waals surface area contributed by atoms with Crippen molar-refractivity contribution in [1.29, 1.82) is 0 Å². The SMILES string of the molecule is CCC(C)(C)C(=O)Nc1ccc(OCC(O)CO)cc1. The number of ether oxygens (including phenoxy) is 1. The van der Waals surface area contributed by atoms with Crippen molar-refractivity contribution < 1.29 is 19.7 Å². The molecule has 0 saturated heterocycles. The molecule has 0 fully saturated rings. The molecule has 0 aliphatic rings. The van der Waals surface area contributed by atoms with E-state index in [0.29, 0.717) is 11.4 Å². The van der Waals surface area contributed by atoms with Gasteiger partial charge in [0.15, 0.2) is 0 Å². The normalized spacial score (nSPS) is 12.8. The lowest BCUT2D eigenvalue weighted by molar-refractivity contribution is -0.124. The van der Waals surface area contributed by atoms with Gasteiger partial charge >= 0.3 is 0 Å². The molecule has 0 aliphatic carbocycles. The minimum atomic E-state index is -0.889. The molecule has 0 aromatic heterocycles. The maximum atomic E-state index is 12.0. The van der Waals surface area contributed by atoms with E-state index in [9.17, 15) is 9.90 Å². The van der Waals surface area contributed by atoms with Gasteiger partial charge in [0.05, 0.1) is 6.61 Å². The number of aliphatic hydroxyl groups excluding tert-OH is 2. The van der Waals surface area contributed by atoms with E-state index in [1.807, 2.05) is 20.8 Å². The van der Waals surface area contributed by atoms with Gasteiger partial charge in [-0.2, -0.15) is 0 Å². The largest absolute Gasteiger partial charge is 0.491 e. The molecule has 1 aromatic rings. The van der Waals surface area contributed by atoms with Crippen molar-refractivity contribution in [2.24, 2.45) is 5.41 Å². The second kappa shape index (κ2) is 7.26. The van der Waals surface area contributed by atoms with E-state index in [0.717, 1.165) is 6.42 Å². The number of rotatable bonds is 7. The third-order valence-electron chi connectivity index (χ3n) is 3.26. The molecule has 112 valence electrons. The summed E-state index contributed by atoms with van der Waals surface area (Å²) in [4.78, 5) is 12.0. The molecule has 0 aliphatic heterocycles. The number of aliphatic hydroxyl groups is 2. The molecule has 5 nitrogen and oxygen atoms in total. The van der Waals surface area contributed by atoms with Crippen LogP contribution in [0, 0.1) is 5.41 Å². The molecule has 20 heavy (non-hydrogen) atoms. The molecule has 1 amide bonds. The second-order valence-electron chi connectivity index (χ2n) is 5.36. The lowest BCUT2D eigenvalue weighted by Crippen LogP contribution is -2.29. The zero-order valence-corrected chi connectivity index (χ0v) is 12.2. The number of hydrogen-bond acceptors (Lipinski definition) is 4. The van der Waals surface area contributed by atoms with Gasteiger partial charge in [-0.05, 0) is 30.7 Å². The summed E-state index contributed by atoms with van der Waals surface area (Å²) >= 11 is 0. The molecule has 1 atom stereocenters. The van der Waals surface area contributed by atoms with Crippen molar-refractivity contribution in [2.45, 2.75) is 33.3 Å². The van der Waals surface area contributed by atoms with E-state index in [4.69, 9.17) is 9.84 Å². The van der Waals surface area contributed by atoms with Crippen LogP contribution in [-0.4, -0.2) is 35.4 Å². The van der Waals surface area contributed by atoms with Crippen LogP contribution in [-0.2, 0) is 4.79 Å². The molecule has 0 spiro atoms. The lowest BCUT2D eigenvalue weighted by atomic mass is 9.89. The predicted molar refractivity (Wildman–Crippen MR) is 77.7 cm³/mol. The molecule has 5 heteroatoms. The van der Waals surface area contributed by atoms with E-state index >= 15 is 0 Å². The average Bonchev–Trinajstić information content (AvgIpc) is 2.46. The van der Waals surface area contributed by atoms with Gasteiger partial charge in [-0.25, -0.2) is 0 Å². The van der Waals surface area contributed by atoms with Crippen molar-refractivity contribution in [3.8, 4) is 5.75 Å². The van der Waals surface area contributed by atoms with Gasteiger partial charge in [0.25, 0.3) is 0 Å². The number of carbonyl (C=O) groups excluding carboxylic acids is 1. The highest BCUT2D eigenvalue weighted by Gasteiger charge is 2.25. The molecule has 0 radical (unpaired) electrons. The summed E-state index contributed by atoms with van der Waals surface area (Å²) < 4.78 is 5.28. The Kier molecular flexibility index (Phi) is 5.98. The van der Waals surface area contributed by atoms with Gasteiger partial charge in [0.1, 0.15) is 18.5 Å². The topological polar surface area (TPSA) is 78.8 Å². The summed E-state index contributed by atoms with van der Waals surface area (Å²) in [6.45, 7) is 5.47. The zero-order valence-electron chi connectivity index (χ0n) is 12.2. The zero-order chi connectivity index (χ0) is 15.2. The molecular weight excluding hydrogens is 258 g/mol. The van der Waals surface area contributed by atoms with Gasteiger partial charge < -0.3 is 20.3 Å². The van der Waals surface area contributed by atoms with Crippen LogP contribution in [0.2, 0.25) is 0 Å². The van der Waals surface area contributed by atoms with Crippen LogP contribution in [0.4, 0.5) is 5.69 Å². The first-order chi connectivity index (χ1) is 9.39. The number of carbonyl (C=O) groups is 1. The van der Waals surface area contributed by atoms with Crippen molar-refractivity contribution >= 4 is 11.6 Å². The van der Waals surface area contributed by atoms with Crippen LogP contribution >= 0.6 is 0 Å². The fourth-order valence-corrected chi connectivity index (χ4v) is 1.34. The van der Waals surface area contributed by atoms with Gasteiger partial charge in [-0.1, -0.05) is 20.8 Å². The summed E-state index contributed by atoms with van der Waals surface area (Å²) in [6, 6.07) is 6.89. The van der Waals surface area contributed by atoms with Crippen LogP contribution in [0.25, 0.3) is 0 Å². The second-order valence-corrected chi connectivity index (χ2v) is 5.36. The minimum Gasteiger partial charge on any atom is -0.491 e. The number of benzene rings is 1. The van der Waals surface area contributed by atoms with E-state index < -0.39 is 11.5 Å². The highest BCUT2D eigenvalue weighted by Crippen LogP contribution is 2.23. The minimum absolute atomic E-state index is 0.0237. The maximum absolute atomic E-state index is 12.0. The van der Waals surface area contributed by atoms with Gasteiger partial charge in [0.2, 0.25) is 5.91 Å². The number of hydrogen-bond donors (Lipinski definition) is 3. The molecule has 0 bridgehead atoms. The van der Waals surface area contributed by atoms with Crippen LogP contribution < -0.4 is 10.1 Å². The number of nitrogens with one attached hydrogen (secondary N) is 1. The Balaban J connectivity index is 2.57. The Morgan fingerprint density at radius 2 is 1.95 bits per heavy atom. The first kappa shape index (κ1) is 16.5. The van der Waals surface area contributed by atoms with Gasteiger partial charge in [0, 0.05) is 11.1 Å². The fourth-order valence-electron chi connectivity index (χ4n) is 1.34. The Bertz CT molecular complexity index is 428. The van der Waals surface area contributed by atoms with Crippen molar-refractivity contribution in [3.05, 3.63) is 24.3 Å². The van der Waals surface area contributed by atoms with Gasteiger partial charge in [-0.3, -0.25) is 4.79 Å². The van der Waals surface area contributed by atoms with Crippen LogP contribution in [0.5, 0.6) is 5.75 Å². The summed E-state index contributed by atoms with van der Waals surface area (Å²) in [6.07, 6.45) is -0.126. The van der Waals surface area contributed by atoms with E-state index in [1.165, 1.54) is 0 Å². The molecule has 0 saturated carbocycles. The quantitative estimate of drug-likeness (QED) is 0.712. The monoisotopic (exact) mass is 281 g/mol. The van der Waals surface area contributed by atoms with Crippen LogP contribution in [0.1, 0.15) is 27.2 Å². The molecular formula is C15H23NO4. The Labute approximate surface area is 119 Å². The highest BCUT2D eigenvalue weighted by molar-refractivity contribution is 5.94. The number of anilines is 1. The highest BCUT2D eigenvalue weighted by atomic mass is 16.5. The van der Waals surface area contributed by atoms with E-state index in [1.54, 1.807) is 24.3 Å². The summed E-state index contributed by atoms with van der Waals surface area (Å²) in [7, 11) is 0. The first-order valence-electron chi connectivity index (χ1n) is 6.72. The molecule has 1 rings (SSSR count). The Morgan fingerprint density at radius 3 is 2.45 bits per heavy atom. The summed E-state index contributed by atoms with van der Waals surface area (Å²) in [5.41, 5.74) is 0.298. The summed E-state index contributed by atoms with van der Waals surface area (Å²) in [5.74, 6) is 0.551.